The number of ether oxygens (including phenoxy) is 1. The van der Waals surface area contributed by atoms with Crippen LogP contribution in [-0.4, -0.2) is 36.5 Å². The van der Waals surface area contributed by atoms with E-state index < -0.39 is 0 Å². The summed E-state index contributed by atoms with van der Waals surface area (Å²) in [7, 11) is 0. The zero-order valence-corrected chi connectivity index (χ0v) is 14.5. The number of nitrogens with two attached hydrogens (primary N) is 1. The first-order chi connectivity index (χ1) is 11.2. The molecule has 1 saturated carbocycles. The molecule has 0 unspecified atom stereocenters. The molecule has 2 aliphatic rings. The number of carbonyl (C=O) groups excluding carboxylic acids is 1. The van der Waals surface area contributed by atoms with Gasteiger partial charge in [-0.25, -0.2) is 4.39 Å². The van der Waals surface area contributed by atoms with E-state index in [0.717, 1.165) is 36.9 Å². The third-order valence-corrected chi connectivity index (χ3v) is 4.80. The van der Waals surface area contributed by atoms with Gasteiger partial charge in [0.15, 0.2) is 0 Å². The summed E-state index contributed by atoms with van der Waals surface area (Å²) in [5, 5.41) is 0. The van der Waals surface area contributed by atoms with Crippen molar-refractivity contribution in [2.24, 2.45) is 5.73 Å². The van der Waals surface area contributed by atoms with Gasteiger partial charge in [0.2, 0.25) is 0 Å². The van der Waals surface area contributed by atoms with Gasteiger partial charge in [0, 0.05) is 30.3 Å². The molecule has 0 spiro atoms. The first kappa shape index (κ1) is 18.7. The van der Waals surface area contributed by atoms with E-state index in [4.69, 9.17) is 10.5 Å². The molecule has 1 fully saturated rings. The van der Waals surface area contributed by atoms with Gasteiger partial charge < -0.3 is 15.4 Å². The molecule has 24 heavy (non-hydrogen) atoms. The van der Waals surface area contributed by atoms with E-state index in [1.807, 2.05) is 17.0 Å². The summed E-state index contributed by atoms with van der Waals surface area (Å²) in [6.45, 7) is 1.04. The topological polar surface area (TPSA) is 55.6 Å². The standard InChI is InChI=1S/C18H23FN2O2.ClH/c19-10-13(11-20)12-23-16-5-6-17-14(9-16)7-8-21(18(17)22)15-3-1-2-4-15;/h5-6,9-10,15H,1-4,7-8,11-12,20H2;1H/b13-10-;. The largest absolute Gasteiger partial charge is 0.489 e. The number of rotatable bonds is 5. The number of hydrogen-bond acceptors (Lipinski definition) is 3. The highest BCUT2D eigenvalue weighted by atomic mass is 35.5. The molecule has 1 amide bonds. The number of nitrogens with zero attached hydrogens (tertiary/aromatic N) is 1. The molecule has 1 aliphatic carbocycles. The van der Waals surface area contributed by atoms with Crippen LogP contribution in [-0.2, 0) is 6.42 Å². The fourth-order valence-corrected chi connectivity index (χ4v) is 3.45. The fourth-order valence-electron chi connectivity index (χ4n) is 3.45. The zero-order chi connectivity index (χ0) is 16.2. The second-order valence-electron chi connectivity index (χ2n) is 6.27. The minimum Gasteiger partial charge on any atom is -0.489 e. The van der Waals surface area contributed by atoms with Gasteiger partial charge in [-0.05, 0) is 43.0 Å². The number of halogens is 2. The molecule has 2 N–H and O–H groups in total. The minimum atomic E-state index is 0. The van der Waals surface area contributed by atoms with Gasteiger partial charge in [0.25, 0.3) is 5.91 Å². The molecule has 1 aliphatic heterocycles. The van der Waals surface area contributed by atoms with E-state index >= 15 is 0 Å². The van der Waals surface area contributed by atoms with Crippen LogP contribution in [0.2, 0.25) is 0 Å². The lowest BCUT2D eigenvalue weighted by Gasteiger charge is -2.33. The van der Waals surface area contributed by atoms with Crippen molar-refractivity contribution in [2.75, 3.05) is 19.7 Å². The van der Waals surface area contributed by atoms with Crippen LogP contribution < -0.4 is 10.5 Å². The zero-order valence-electron chi connectivity index (χ0n) is 13.7. The second-order valence-corrected chi connectivity index (χ2v) is 6.27. The van der Waals surface area contributed by atoms with Crippen LogP contribution in [0.25, 0.3) is 0 Å². The maximum atomic E-state index is 12.7. The third kappa shape index (κ3) is 3.90. The maximum absolute atomic E-state index is 12.7. The van der Waals surface area contributed by atoms with Crippen molar-refractivity contribution in [3.05, 3.63) is 41.2 Å². The average Bonchev–Trinajstić information content (AvgIpc) is 3.10. The number of benzene rings is 1. The van der Waals surface area contributed by atoms with Crippen LogP contribution in [0, 0.1) is 0 Å². The van der Waals surface area contributed by atoms with Crippen LogP contribution in [0.3, 0.4) is 0 Å². The van der Waals surface area contributed by atoms with Crippen molar-refractivity contribution >= 4 is 18.3 Å². The Bertz CT molecular complexity index is 615. The van der Waals surface area contributed by atoms with Crippen LogP contribution in [0.4, 0.5) is 4.39 Å². The van der Waals surface area contributed by atoms with E-state index in [9.17, 15) is 9.18 Å². The quantitative estimate of drug-likeness (QED) is 0.883. The summed E-state index contributed by atoms with van der Waals surface area (Å²) in [5.74, 6) is 0.787. The maximum Gasteiger partial charge on any atom is 0.254 e. The van der Waals surface area contributed by atoms with Gasteiger partial charge >= 0.3 is 0 Å². The summed E-state index contributed by atoms with van der Waals surface area (Å²) in [5.41, 5.74) is 7.61. The summed E-state index contributed by atoms with van der Waals surface area (Å²) in [4.78, 5) is 14.7. The lowest BCUT2D eigenvalue weighted by molar-refractivity contribution is 0.0663. The Morgan fingerprint density at radius 1 is 1.38 bits per heavy atom. The molecule has 1 heterocycles. The third-order valence-electron chi connectivity index (χ3n) is 4.80. The van der Waals surface area contributed by atoms with Gasteiger partial charge in [-0.2, -0.15) is 0 Å². The van der Waals surface area contributed by atoms with E-state index in [1.54, 1.807) is 6.07 Å². The van der Waals surface area contributed by atoms with E-state index in [1.165, 1.54) is 12.8 Å². The lowest BCUT2D eigenvalue weighted by atomic mass is 9.97. The highest BCUT2D eigenvalue weighted by molar-refractivity contribution is 5.97. The number of carbonyl (C=O) groups is 1. The predicted molar refractivity (Wildman–Crippen MR) is 94.4 cm³/mol. The summed E-state index contributed by atoms with van der Waals surface area (Å²) in [6, 6.07) is 5.91. The first-order valence-electron chi connectivity index (χ1n) is 8.28. The molecule has 0 aromatic heterocycles. The minimum absolute atomic E-state index is 0. The Hall–Kier alpha value is -1.59. The van der Waals surface area contributed by atoms with Crippen molar-refractivity contribution in [1.82, 2.24) is 4.90 Å². The Balaban J connectivity index is 0.00000208. The highest BCUT2D eigenvalue weighted by Crippen LogP contribution is 2.30. The Morgan fingerprint density at radius 3 is 2.79 bits per heavy atom. The van der Waals surface area contributed by atoms with Crippen LogP contribution >= 0.6 is 12.4 Å². The molecule has 1 aromatic carbocycles. The molecule has 132 valence electrons. The van der Waals surface area contributed by atoms with Gasteiger partial charge in [-0.15, -0.1) is 12.4 Å². The van der Waals surface area contributed by atoms with Crippen molar-refractivity contribution in [1.29, 1.82) is 0 Å². The molecule has 3 rings (SSSR count). The normalized spacial score (nSPS) is 18.3. The fraction of sp³-hybridized carbons (Fsp3) is 0.500. The summed E-state index contributed by atoms with van der Waals surface area (Å²) >= 11 is 0. The van der Waals surface area contributed by atoms with E-state index in [-0.39, 0.29) is 31.5 Å². The van der Waals surface area contributed by atoms with Gasteiger partial charge in [0.05, 0.1) is 6.33 Å². The van der Waals surface area contributed by atoms with E-state index in [2.05, 4.69) is 0 Å². The molecule has 6 heteroatoms. The number of amides is 1. The van der Waals surface area contributed by atoms with E-state index in [0.29, 0.717) is 23.7 Å². The van der Waals surface area contributed by atoms with Crippen LogP contribution in [0.1, 0.15) is 41.6 Å². The highest BCUT2D eigenvalue weighted by Gasteiger charge is 2.31. The molecule has 1 aromatic rings. The molecule has 0 atom stereocenters. The van der Waals surface area contributed by atoms with Crippen molar-refractivity contribution in [3.63, 3.8) is 0 Å². The Morgan fingerprint density at radius 2 is 2.12 bits per heavy atom. The lowest BCUT2D eigenvalue weighted by Crippen LogP contribution is -2.43. The SMILES string of the molecule is Cl.NC/C(=C/F)COc1ccc2c(c1)CCN(C1CCCC1)C2=O. The van der Waals surface area contributed by atoms with Crippen molar-refractivity contribution in [3.8, 4) is 5.75 Å². The van der Waals surface area contributed by atoms with Crippen molar-refractivity contribution < 1.29 is 13.9 Å². The van der Waals surface area contributed by atoms with Crippen LogP contribution in [0.15, 0.2) is 30.1 Å². The van der Waals surface area contributed by atoms with Crippen molar-refractivity contribution in [2.45, 2.75) is 38.1 Å². The Labute approximate surface area is 148 Å². The van der Waals surface area contributed by atoms with Crippen LogP contribution in [0.5, 0.6) is 5.75 Å². The van der Waals surface area contributed by atoms with Gasteiger partial charge in [-0.3, -0.25) is 4.79 Å². The van der Waals surface area contributed by atoms with Gasteiger partial charge in [0.1, 0.15) is 12.4 Å². The summed E-state index contributed by atoms with van der Waals surface area (Å²) in [6.07, 6.45) is 6.03. The first-order valence-corrected chi connectivity index (χ1v) is 8.28. The smallest absolute Gasteiger partial charge is 0.254 e. The molecule has 4 nitrogen and oxygen atoms in total. The van der Waals surface area contributed by atoms with Gasteiger partial charge in [-0.1, -0.05) is 12.8 Å². The second kappa shape index (κ2) is 8.49. The molecule has 0 radical (unpaired) electrons. The number of hydrogen-bond donors (Lipinski definition) is 1. The average molecular weight is 355 g/mol. The molecular formula is C18H24ClFN2O2. The predicted octanol–water partition coefficient (Wildman–Crippen LogP) is 3.24. The Kier molecular flexibility index (Phi) is 6.63. The molecule has 0 bridgehead atoms. The monoisotopic (exact) mass is 354 g/mol. The summed E-state index contributed by atoms with van der Waals surface area (Å²) < 4.78 is 18.1. The number of fused-ring (bicyclic) bond motifs is 1. The molecule has 0 saturated heterocycles. The molecular weight excluding hydrogens is 331 g/mol.